The predicted molar refractivity (Wildman–Crippen MR) is 139 cm³/mol. The number of hydrogen-bond acceptors (Lipinski definition) is 4. The Hall–Kier alpha value is -3.21. The highest BCUT2D eigenvalue weighted by Gasteiger charge is 2.27. The third-order valence-electron chi connectivity index (χ3n) is 6.31. The first-order valence-electron chi connectivity index (χ1n) is 12.2. The maximum atomic E-state index is 12.8. The Morgan fingerprint density at radius 3 is 2.26 bits per heavy atom. The molecule has 5 heteroatoms. The number of piperazine rings is 1. The van der Waals surface area contributed by atoms with Crippen LogP contribution >= 0.6 is 0 Å². The molecule has 1 fully saturated rings. The van der Waals surface area contributed by atoms with Gasteiger partial charge in [-0.05, 0) is 30.9 Å². The lowest BCUT2D eigenvalue weighted by atomic mass is 9.91. The zero-order valence-corrected chi connectivity index (χ0v) is 21.1. The van der Waals surface area contributed by atoms with Gasteiger partial charge in [0.15, 0.2) is 5.82 Å². The van der Waals surface area contributed by atoms with Crippen molar-refractivity contribution in [2.45, 2.75) is 47.5 Å². The Kier molecular flexibility index (Phi) is 7.01. The summed E-state index contributed by atoms with van der Waals surface area (Å²) in [4.78, 5) is 27.1. The highest BCUT2D eigenvalue weighted by atomic mass is 16.2. The number of hydrogen-bond donors (Lipinski definition) is 0. The Labute approximate surface area is 203 Å². The molecule has 34 heavy (non-hydrogen) atoms. The predicted octanol–water partition coefficient (Wildman–Crippen LogP) is 5.44. The van der Waals surface area contributed by atoms with Crippen LogP contribution in [0.2, 0.25) is 0 Å². The van der Waals surface area contributed by atoms with Gasteiger partial charge in [-0.25, -0.2) is 9.97 Å². The molecule has 3 aromatic rings. The molecule has 0 atom stereocenters. The van der Waals surface area contributed by atoms with E-state index in [9.17, 15) is 4.79 Å². The number of aryl methyl sites for hydroxylation is 2. The Bertz CT molecular complexity index is 1140. The van der Waals surface area contributed by atoms with Gasteiger partial charge in [0.05, 0.1) is 0 Å². The maximum absolute atomic E-state index is 12.8. The van der Waals surface area contributed by atoms with Gasteiger partial charge in [0.25, 0.3) is 0 Å². The average molecular weight is 457 g/mol. The Balaban J connectivity index is 1.64. The lowest BCUT2D eigenvalue weighted by Gasteiger charge is -2.37. The molecule has 1 aromatic heterocycles. The molecule has 1 aliphatic heterocycles. The van der Waals surface area contributed by atoms with E-state index >= 15 is 0 Å². The summed E-state index contributed by atoms with van der Waals surface area (Å²) in [6.07, 6.45) is 1.37. The molecule has 0 bridgehead atoms. The van der Waals surface area contributed by atoms with Gasteiger partial charge < -0.3 is 9.80 Å². The van der Waals surface area contributed by atoms with Crippen molar-refractivity contribution in [1.82, 2.24) is 14.9 Å². The molecule has 5 nitrogen and oxygen atoms in total. The van der Waals surface area contributed by atoms with Crippen molar-refractivity contribution in [3.8, 4) is 11.4 Å². The molecular formula is C29H36N4O. The number of benzene rings is 2. The molecule has 0 N–H and O–H groups in total. The minimum Gasteiger partial charge on any atom is -0.353 e. The van der Waals surface area contributed by atoms with Crippen LogP contribution in [0.4, 0.5) is 5.82 Å². The number of aromatic nitrogens is 2. The summed E-state index contributed by atoms with van der Waals surface area (Å²) in [5.74, 6) is 2.01. The first-order chi connectivity index (χ1) is 16.2. The monoisotopic (exact) mass is 456 g/mol. The van der Waals surface area contributed by atoms with E-state index in [1.54, 1.807) is 0 Å². The summed E-state index contributed by atoms with van der Waals surface area (Å²) < 4.78 is 0. The maximum Gasteiger partial charge on any atom is 0.223 e. The second-order valence-electron chi connectivity index (χ2n) is 10.6. The highest BCUT2D eigenvalue weighted by molar-refractivity contribution is 5.77. The molecule has 2 heterocycles. The molecule has 0 spiro atoms. The molecule has 1 saturated heterocycles. The quantitative estimate of drug-likeness (QED) is 0.513. The van der Waals surface area contributed by atoms with Gasteiger partial charge in [-0.2, -0.15) is 0 Å². The molecule has 4 rings (SSSR count). The van der Waals surface area contributed by atoms with E-state index in [0.717, 1.165) is 61.1 Å². The van der Waals surface area contributed by atoms with Gasteiger partial charge in [-0.15, -0.1) is 0 Å². The van der Waals surface area contributed by atoms with Crippen LogP contribution in [0.25, 0.3) is 11.4 Å². The highest BCUT2D eigenvalue weighted by Crippen LogP contribution is 2.29. The van der Waals surface area contributed by atoms with Crippen molar-refractivity contribution in [2.24, 2.45) is 5.41 Å². The van der Waals surface area contributed by atoms with Gasteiger partial charge in [-0.1, -0.05) is 74.9 Å². The molecule has 178 valence electrons. The van der Waals surface area contributed by atoms with E-state index in [0.29, 0.717) is 6.42 Å². The van der Waals surface area contributed by atoms with Gasteiger partial charge >= 0.3 is 0 Å². The second kappa shape index (κ2) is 9.96. The molecule has 1 aliphatic rings. The molecule has 0 radical (unpaired) electrons. The third-order valence-corrected chi connectivity index (χ3v) is 6.31. The number of carbonyl (C=O) groups excluding carboxylic acids is 1. The zero-order valence-electron chi connectivity index (χ0n) is 21.1. The SMILES string of the molecule is Cc1cccc(-c2nc(C)c(Cc3ccccc3)c(N3CCN(C(=O)CC(C)(C)C)CC3)n2)c1. The first kappa shape index (κ1) is 23.9. The Morgan fingerprint density at radius 2 is 1.62 bits per heavy atom. The molecular weight excluding hydrogens is 420 g/mol. The normalized spacial score (nSPS) is 14.4. The van der Waals surface area contributed by atoms with Crippen molar-refractivity contribution in [1.29, 1.82) is 0 Å². The van der Waals surface area contributed by atoms with E-state index in [1.165, 1.54) is 11.1 Å². The molecule has 0 aliphatic carbocycles. The number of amides is 1. The number of rotatable bonds is 5. The second-order valence-corrected chi connectivity index (χ2v) is 10.6. The third kappa shape index (κ3) is 5.82. The fourth-order valence-electron chi connectivity index (χ4n) is 4.50. The van der Waals surface area contributed by atoms with E-state index in [-0.39, 0.29) is 11.3 Å². The topological polar surface area (TPSA) is 49.3 Å². The van der Waals surface area contributed by atoms with E-state index in [1.807, 2.05) is 11.0 Å². The standard InChI is InChI=1S/C29H36N4O/c1-21-10-9-13-24(18-21)27-30-22(2)25(19-23-11-7-6-8-12-23)28(31-27)33-16-14-32(15-17-33)26(34)20-29(3,4)5/h6-13,18H,14-17,19-20H2,1-5H3. The first-order valence-corrected chi connectivity index (χ1v) is 12.2. The molecule has 0 unspecified atom stereocenters. The van der Waals surface area contributed by atoms with Gasteiger partial charge in [0.2, 0.25) is 5.91 Å². The van der Waals surface area contributed by atoms with Crippen LogP contribution in [-0.2, 0) is 11.2 Å². The van der Waals surface area contributed by atoms with Gasteiger partial charge in [0, 0.05) is 55.8 Å². The van der Waals surface area contributed by atoms with E-state index in [2.05, 4.69) is 88.0 Å². The summed E-state index contributed by atoms with van der Waals surface area (Å²) in [5.41, 5.74) is 5.66. The van der Waals surface area contributed by atoms with Gasteiger partial charge in [-0.3, -0.25) is 4.79 Å². The fourth-order valence-corrected chi connectivity index (χ4v) is 4.50. The number of anilines is 1. The van der Waals surface area contributed by atoms with E-state index in [4.69, 9.17) is 9.97 Å². The van der Waals surface area contributed by atoms with Crippen molar-refractivity contribution in [3.05, 3.63) is 77.0 Å². The van der Waals surface area contributed by atoms with Crippen molar-refractivity contribution < 1.29 is 4.79 Å². The number of nitrogens with zero attached hydrogens (tertiary/aromatic N) is 4. The van der Waals surface area contributed by atoms with Crippen LogP contribution in [0.15, 0.2) is 54.6 Å². The number of carbonyl (C=O) groups is 1. The van der Waals surface area contributed by atoms with Crippen LogP contribution < -0.4 is 4.90 Å². The summed E-state index contributed by atoms with van der Waals surface area (Å²) in [6, 6.07) is 18.9. The summed E-state index contributed by atoms with van der Waals surface area (Å²) in [7, 11) is 0. The van der Waals surface area contributed by atoms with Crippen molar-refractivity contribution >= 4 is 11.7 Å². The minimum atomic E-state index is 0.00353. The largest absolute Gasteiger partial charge is 0.353 e. The average Bonchev–Trinajstić information content (AvgIpc) is 2.80. The van der Waals surface area contributed by atoms with Crippen molar-refractivity contribution in [3.63, 3.8) is 0 Å². The van der Waals surface area contributed by atoms with Crippen LogP contribution in [0.5, 0.6) is 0 Å². The summed E-state index contributed by atoms with van der Waals surface area (Å²) in [5, 5.41) is 0. The van der Waals surface area contributed by atoms with E-state index < -0.39 is 0 Å². The van der Waals surface area contributed by atoms with Crippen LogP contribution in [0, 0.1) is 19.3 Å². The molecule has 0 saturated carbocycles. The Morgan fingerprint density at radius 1 is 0.912 bits per heavy atom. The van der Waals surface area contributed by atoms with Gasteiger partial charge in [0.1, 0.15) is 5.82 Å². The minimum absolute atomic E-state index is 0.00353. The molecule has 2 aromatic carbocycles. The molecule has 1 amide bonds. The van der Waals surface area contributed by atoms with Crippen LogP contribution in [0.3, 0.4) is 0 Å². The fraction of sp³-hybridized carbons (Fsp3) is 0.414. The smallest absolute Gasteiger partial charge is 0.223 e. The van der Waals surface area contributed by atoms with Crippen LogP contribution in [0.1, 0.15) is 49.6 Å². The lowest BCUT2D eigenvalue weighted by molar-refractivity contribution is -0.133. The summed E-state index contributed by atoms with van der Waals surface area (Å²) >= 11 is 0. The van der Waals surface area contributed by atoms with Crippen molar-refractivity contribution in [2.75, 3.05) is 31.1 Å². The summed E-state index contributed by atoms with van der Waals surface area (Å²) in [6.45, 7) is 13.5. The lowest BCUT2D eigenvalue weighted by Crippen LogP contribution is -2.50. The zero-order chi connectivity index (χ0) is 24.3. The van der Waals surface area contributed by atoms with Crippen LogP contribution in [-0.4, -0.2) is 47.0 Å².